The monoisotopic (exact) mass is 250 g/mol. The van der Waals surface area contributed by atoms with Crippen molar-refractivity contribution in [3.05, 3.63) is 0 Å². The van der Waals surface area contributed by atoms with E-state index < -0.39 is 0 Å². The molecule has 2 heteroatoms. The van der Waals surface area contributed by atoms with Crippen molar-refractivity contribution in [3.8, 4) is 0 Å². The van der Waals surface area contributed by atoms with E-state index in [0.717, 1.165) is 23.9 Å². The van der Waals surface area contributed by atoms with Gasteiger partial charge in [-0.25, -0.2) is 0 Å². The van der Waals surface area contributed by atoms with Crippen molar-refractivity contribution in [1.82, 2.24) is 10.2 Å². The number of nitrogens with one attached hydrogen (secondary N) is 1. The van der Waals surface area contributed by atoms with Crippen LogP contribution in [0, 0.1) is 11.8 Å². The molecule has 0 aromatic rings. The molecule has 2 saturated carbocycles. The second-order valence-corrected chi connectivity index (χ2v) is 7.04. The average Bonchev–Trinajstić information content (AvgIpc) is 3.08. The van der Waals surface area contributed by atoms with E-state index in [2.05, 4.69) is 17.1 Å². The molecule has 104 valence electrons. The normalized spacial score (nSPS) is 34.5. The molecule has 2 atom stereocenters. The molecule has 0 aromatic heterocycles. The molecule has 18 heavy (non-hydrogen) atoms. The van der Waals surface area contributed by atoms with Crippen LogP contribution in [0.25, 0.3) is 0 Å². The summed E-state index contributed by atoms with van der Waals surface area (Å²) in [7, 11) is 0. The van der Waals surface area contributed by atoms with Gasteiger partial charge >= 0.3 is 0 Å². The summed E-state index contributed by atoms with van der Waals surface area (Å²) in [5.41, 5.74) is 0. The Bertz CT molecular complexity index is 258. The summed E-state index contributed by atoms with van der Waals surface area (Å²) < 4.78 is 0. The molecule has 3 rings (SSSR count). The van der Waals surface area contributed by atoms with Crippen LogP contribution in [-0.4, -0.2) is 36.6 Å². The maximum atomic E-state index is 3.88. The molecule has 1 heterocycles. The van der Waals surface area contributed by atoms with Gasteiger partial charge in [0.05, 0.1) is 0 Å². The summed E-state index contributed by atoms with van der Waals surface area (Å²) in [6.07, 6.45) is 11.6. The van der Waals surface area contributed by atoms with Gasteiger partial charge in [0.1, 0.15) is 0 Å². The van der Waals surface area contributed by atoms with E-state index in [-0.39, 0.29) is 0 Å². The van der Waals surface area contributed by atoms with Gasteiger partial charge in [-0.1, -0.05) is 19.8 Å². The van der Waals surface area contributed by atoms with E-state index in [1.165, 1.54) is 71.0 Å². The van der Waals surface area contributed by atoms with E-state index in [9.17, 15) is 0 Å². The lowest BCUT2D eigenvalue weighted by molar-refractivity contribution is 0.0978. The Morgan fingerprint density at radius 1 is 1.00 bits per heavy atom. The van der Waals surface area contributed by atoms with Crippen LogP contribution in [0.2, 0.25) is 0 Å². The quantitative estimate of drug-likeness (QED) is 0.779. The second-order valence-electron chi connectivity index (χ2n) is 7.04. The topological polar surface area (TPSA) is 15.3 Å². The molecule has 3 fully saturated rings. The molecule has 1 N–H and O–H groups in total. The number of hydrogen-bond donors (Lipinski definition) is 1. The highest BCUT2D eigenvalue weighted by molar-refractivity contribution is 4.91. The molecule has 2 unspecified atom stereocenters. The number of rotatable bonds is 6. The third kappa shape index (κ3) is 3.48. The van der Waals surface area contributed by atoms with E-state index in [1.807, 2.05) is 0 Å². The molecule has 0 radical (unpaired) electrons. The van der Waals surface area contributed by atoms with Crippen molar-refractivity contribution >= 4 is 0 Å². The summed E-state index contributed by atoms with van der Waals surface area (Å²) in [6, 6.07) is 1.67. The lowest BCUT2D eigenvalue weighted by Gasteiger charge is -2.41. The van der Waals surface area contributed by atoms with Crippen LogP contribution < -0.4 is 5.32 Å². The third-order valence-corrected chi connectivity index (χ3v) is 5.10. The van der Waals surface area contributed by atoms with Crippen LogP contribution in [0.5, 0.6) is 0 Å². The Morgan fingerprint density at radius 3 is 2.44 bits per heavy atom. The van der Waals surface area contributed by atoms with Gasteiger partial charge < -0.3 is 10.2 Å². The van der Waals surface area contributed by atoms with Gasteiger partial charge in [0.2, 0.25) is 0 Å². The van der Waals surface area contributed by atoms with E-state index in [4.69, 9.17) is 0 Å². The summed E-state index contributed by atoms with van der Waals surface area (Å²) in [6.45, 7) is 6.44. The summed E-state index contributed by atoms with van der Waals surface area (Å²) in [5, 5.41) is 3.88. The summed E-state index contributed by atoms with van der Waals surface area (Å²) in [5.74, 6) is 1.99. The van der Waals surface area contributed by atoms with Gasteiger partial charge in [-0.15, -0.1) is 0 Å². The Labute approximate surface area is 113 Å². The van der Waals surface area contributed by atoms with Gasteiger partial charge in [0.25, 0.3) is 0 Å². The number of likely N-dealkylation sites (tertiary alicyclic amines) is 1. The minimum Gasteiger partial charge on any atom is -0.310 e. The van der Waals surface area contributed by atoms with Crippen molar-refractivity contribution < 1.29 is 0 Å². The Kier molecular flexibility index (Phi) is 4.25. The zero-order valence-corrected chi connectivity index (χ0v) is 12.0. The fourth-order valence-corrected chi connectivity index (χ4v) is 3.81. The van der Waals surface area contributed by atoms with Crippen molar-refractivity contribution in [3.63, 3.8) is 0 Å². The van der Waals surface area contributed by atoms with Crippen molar-refractivity contribution in [1.29, 1.82) is 0 Å². The molecule has 0 spiro atoms. The predicted octanol–water partition coefficient (Wildman–Crippen LogP) is 3.03. The molecule has 0 bridgehead atoms. The molecule has 0 amide bonds. The van der Waals surface area contributed by atoms with E-state index in [0.29, 0.717) is 0 Å². The van der Waals surface area contributed by atoms with Gasteiger partial charge in [0.15, 0.2) is 0 Å². The van der Waals surface area contributed by atoms with Crippen LogP contribution in [0.3, 0.4) is 0 Å². The van der Waals surface area contributed by atoms with E-state index >= 15 is 0 Å². The minimum atomic E-state index is 0.794. The molecule has 2 aliphatic carbocycles. The lowest BCUT2D eigenvalue weighted by atomic mass is 9.83. The highest BCUT2D eigenvalue weighted by Gasteiger charge is 2.32. The first-order valence-electron chi connectivity index (χ1n) is 8.32. The minimum absolute atomic E-state index is 0.794. The molecular formula is C16H30N2. The van der Waals surface area contributed by atoms with Gasteiger partial charge in [-0.2, -0.15) is 0 Å². The second kappa shape index (κ2) is 5.92. The average molecular weight is 250 g/mol. The number of hydrogen-bond acceptors (Lipinski definition) is 2. The van der Waals surface area contributed by atoms with E-state index in [1.54, 1.807) is 0 Å². The van der Waals surface area contributed by atoms with Crippen molar-refractivity contribution in [2.45, 2.75) is 70.4 Å². The van der Waals surface area contributed by atoms with Crippen LogP contribution in [0.1, 0.15) is 58.3 Å². The fourth-order valence-electron chi connectivity index (χ4n) is 3.81. The SMILES string of the molecule is CCCC1CC(NC2CC2)CN(CC2CCC2)C1. The highest BCUT2D eigenvalue weighted by atomic mass is 15.2. The first-order valence-corrected chi connectivity index (χ1v) is 8.32. The standard InChI is InChI=1S/C16H30N2/c1-2-4-14-9-16(17-15-7-8-15)12-18(11-14)10-13-5-3-6-13/h13-17H,2-12H2,1H3. The predicted molar refractivity (Wildman–Crippen MR) is 76.7 cm³/mol. The maximum absolute atomic E-state index is 3.88. The smallest absolute Gasteiger partial charge is 0.0200 e. The summed E-state index contributed by atoms with van der Waals surface area (Å²) >= 11 is 0. The lowest BCUT2D eigenvalue weighted by Crippen LogP contribution is -2.51. The van der Waals surface area contributed by atoms with Crippen LogP contribution >= 0.6 is 0 Å². The first kappa shape index (κ1) is 12.9. The van der Waals surface area contributed by atoms with Gasteiger partial charge in [-0.05, 0) is 50.4 Å². The Morgan fingerprint density at radius 2 is 1.83 bits per heavy atom. The molecule has 2 nitrogen and oxygen atoms in total. The van der Waals surface area contributed by atoms with Crippen LogP contribution in [0.15, 0.2) is 0 Å². The third-order valence-electron chi connectivity index (χ3n) is 5.10. The fraction of sp³-hybridized carbons (Fsp3) is 1.00. The highest BCUT2D eigenvalue weighted by Crippen LogP contribution is 2.30. The first-order chi connectivity index (χ1) is 8.83. The zero-order valence-electron chi connectivity index (χ0n) is 12.0. The van der Waals surface area contributed by atoms with Gasteiger partial charge in [0, 0.05) is 31.7 Å². The molecule has 1 saturated heterocycles. The van der Waals surface area contributed by atoms with Crippen LogP contribution in [0.4, 0.5) is 0 Å². The van der Waals surface area contributed by atoms with Crippen LogP contribution in [-0.2, 0) is 0 Å². The van der Waals surface area contributed by atoms with Crippen molar-refractivity contribution in [2.24, 2.45) is 11.8 Å². The van der Waals surface area contributed by atoms with Gasteiger partial charge in [-0.3, -0.25) is 0 Å². The molecule has 0 aromatic carbocycles. The van der Waals surface area contributed by atoms with Crippen molar-refractivity contribution in [2.75, 3.05) is 19.6 Å². The molecule has 3 aliphatic rings. The maximum Gasteiger partial charge on any atom is 0.0200 e. The zero-order chi connectivity index (χ0) is 12.4. The number of nitrogens with zero attached hydrogens (tertiary/aromatic N) is 1. The Balaban J connectivity index is 1.50. The Hall–Kier alpha value is -0.0800. The molecule has 1 aliphatic heterocycles. The molecular weight excluding hydrogens is 220 g/mol. The summed E-state index contributed by atoms with van der Waals surface area (Å²) in [4.78, 5) is 2.79. The largest absolute Gasteiger partial charge is 0.310 e. The number of piperidine rings is 1.